The highest BCUT2D eigenvalue weighted by atomic mass is 15.1. The molecule has 0 amide bonds. The van der Waals surface area contributed by atoms with Crippen molar-refractivity contribution < 1.29 is 0 Å². The molecule has 0 aromatic rings. The van der Waals surface area contributed by atoms with Crippen molar-refractivity contribution in [3.8, 4) is 0 Å². The lowest BCUT2D eigenvalue weighted by molar-refractivity contribution is 0.300. The standard InChI is InChI=1S/C15H27N/c1-11-9-10-12(14(2,3)4)13(16(11)8)15(5,6)7/h1,9-10H2,2-8H3. The maximum atomic E-state index is 4.17. The highest BCUT2D eigenvalue weighted by Crippen LogP contribution is 2.44. The summed E-state index contributed by atoms with van der Waals surface area (Å²) in [6.45, 7) is 18.0. The van der Waals surface area contributed by atoms with E-state index in [2.05, 4.69) is 60.1 Å². The zero-order chi connectivity index (χ0) is 12.7. The maximum absolute atomic E-state index is 4.17. The van der Waals surface area contributed by atoms with Crippen molar-refractivity contribution in [2.45, 2.75) is 54.4 Å². The molecule has 0 aromatic carbocycles. The molecule has 1 rings (SSSR count). The van der Waals surface area contributed by atoms with E-state index in [1.54, 1.807) is 5.57 Å². The molecule has 1 aliphatic heterocycles. The first-order valence-corrected chi connectivity index (χ1v) is 6.21. The molecule has 1 nitrogen and oxygen atoms in total. The number of nitrogens with zero attached hydrogens (tertiary/aromatic N) is 1. The predicted molar refractivity (Wildman–Crippen MR) is 72.1 cm³/mol. The lowest BCUT2D eigenvalue weighted by atomic mass is 9.74. The fourth-order valence-electron chi connectivity index (χ4n) is 2.60. The van der Waals surface area contributed by atoms with Crippen molar-refractivity contribution >= 4 is 0 Å². The predicted octanol–water partition coefficient (Wildman–Crippen LogP) is 4.57. The summed E-state index contributed by atoms with van der Waals surface area (Å²) in [5.74, 6) is 0. The van der Waals surface area contributed by atoms with E-state index in [-0.39, 0.29) is 10.8 Å². The van der Waals surface area contributed by atoms with Crippen molar-refractivity contribution in [2.75, 3.05) is 7.05 Å². The fraction of sp³-hybridized carbons (Fsp3) is 0.733. The molecular weight excluding hydrogens is 194 g/mol. The highest BCUT2D eigenvalue weighted by Gasteiger charge is 2.33. The third-order valence-corrected chi connectivity index (χ3v) is 3.37. The summed E-state index contributed by atoms with van der Waals surface area (Å²) in [6.07, 6.45) is 2.27. The molecule has 1 heteroatoms. The Labute approximate surface area is 101 Å². The van der Waals surface area contributed by atoms with Gasteiger partial charge in [-0.3, -0.25) is 0 Å². The van der Waals surface area contributed by atoms with E-state index in [0.717, 1.165) is 6.42 Å². The molecule has 0 atom stereocenters. The molecule has 0 N–H and O–H groups in total. The van der Waals surface area contributed by atoms with Crippen LogP contribution in [-0.4, -0.2) is 11.9 Å². The van der Waals surface area contributed by atoms with Crippen LogP contribution >= 0.6 is 0 Å². The van der Waals surface area contributed by atoms with Crippen LogP contribution in [0.5, 0.6) is 0 Å². The van der Waals surface area contributed by atoms with E-state index in [1.165, 1.54) is 17.8 Å². The molecule has 1 heterocycles. The second-order valence-corrected chi connectivity index (χ2v) is 6.95. The van der Waals surface area contributed by atoms with Gasteiger partial charge in [-0.25, -0.2) is 0 Å². The van der Waals surface area contributed by atoms with Crippen LogP contribution < -0.4 is 0 Å². The van der Waals surface area contributed by atoms with Crippen molar-refractivity contribution in [1.82, 2.24) is 4.90 Å². The van der Waals surface area contributed by atoms with Crippen LogP contribution in [0, 0.1) is 10.8 Å². The number of hydrogen-bond acceptors (Lipinski definition) is 1. The summed E-state index contributed by atoms with van der Waals surface area (Å²) in [4.78, 5) is 2.31. The van der Waals surface area contributed by atoms with Gasteiger partial charge in [0.2, 0.25) is 0 Å². The Hall–Kier alpha value is -0.720. The van der Waals surface area contributed by atoms with E-state index >= 15 is 0 Å². The average Bonchev–Trinajstić information content (AvgIpc) is 2.05. The summed E-state index contributed by atoms with van der Waals surface area (Å²) in [5, 5.41) is 0. The van der Waals surface area contributed by atoms with Crippen LogP contribution in [0.2, 0.25) is 0 Å². The van der Waals surface area contributed by atoms with E-state index in [4.69, 9.17) is 0 Å². The molecule has 0 aliphatic carbocycles. The maximum Gasteiger partial charge on any atom is 0.0224 e. The van der Waals surface area contributed by atoms with Crippen LogP contribution in [0.1, 0.15) is 54.4 Å². The fourth-order valence-corrected chi connectivity index (χ4v) is 2.60. The van der Waals surface area contributed by atoms with E-state index in [0.29, 0.717) is 0 Å². The normalized spacial score (nSPS) is 19.4. The third-order valence-electron chi connectivity index (χ3n) is 3.37. The van der Waals surface area contributed by atoms with Crippen LogP contribution in [0.25, 0.3) is 0 Å². The quantitative estimate of drug-likeness (QED) is 0.579. The zero-order valence-electron chi connectivity index (χ0n) is 12.1. The second-order valence-electron chi connectivity index (χ2n) is 6.95. The molecule has 0 saturated heterocycles. The molecule has 0 saturated carbocycles. The summed E-state index contributed by atoms with van der Waals surface area (Å²) < 4.78 is 0. The minimum absolute atomic E-state index is 0.195. The first kappa shape index (κ1) is 13.3. The molecule has 16 heavy (non-hydrogen) atoms. The molecule has 0 fully saturated rings. The largest absolute Gasteiger partial charge is 0.352 e. The van der Waals surface area contributed by atoms with Gasteiger partial charge in [-0.2, -0.15) is 0 Å². The van der Waals surface area contributed by atoms with Crippen LogP contribution in [0.3, 0.4) is 0 Å². The lowest BCUT2D eigenvalue weighted by Crippen LogP contribution is -2.34. The zero-order valence-corrected chi connectivity index (χ0v) is 12.1. The number of allylic oxidation sites excluding steroid dienone is 3. The van der Waals surface area contributed by atoms with Crippen LogP contribution in [0.4, 0.5) is 0 Å². The minimum Gasteiger partial charge on any atom is -0.352 e. The van der Waals surface area contributed by atoms with Gasteiger partial charge in [0.15, 0.2) is 0 Å². The summed E-state index contributed by atoms with van der Waals surface area (Å²) in [5.41, 5.74) is 4.77. The Morgan fingerprint density at radius 3 is 1.81 bits per heavy atom. The van der Waals surface area contributed by atoms with Crippen LogP contribution in [0.15, 0.2) is 23.5 Å². The smallest absolute Gasteiger partial charge is 0.0224 e. The molecule has 0 radical (unpaired) electrons. The molecule has 0 spiro atoms. The molecule has 0 bridgehead atoms. The Kier molecular flexibility index (Phi) is 3.29. The average molecular weight is 221 g/mol. The summed E-state index contributed by atoms with van der Waals surface area (Å²) in [7, 11) is 2.16. The molecule has 0 unspecified atom stereocenters. The Morgan fingerprint density at radius 2 is 1.44 bits per heavy atom. The minimum atomic E-state index is 0.195. The SMILES string of the molecule is C=C1CCC(C(C)(C)C)=C(C(C)(C)C)N1C. The van der Waals surface area contributed by atoms with Gasteiger partial charge in [-0.05, 0) is 23.8 Å². The van der Waals surface area contributed by atoms with Gasteiger partial charge in [-0.15, -0.1) is 0 Å². The lowest BCUT2D eigenvalue weighted by Gasteiger charge is -2.43. The highest BCUT2D eigenvalue weighted by molar-refractivity contribution is 5.30. The Balaban J connectivity index is 3.34. The summed E-state index contributed by atoms with van der Waals surface area (Å²) >= 11 is 0. The monoisotopic (exact) mass is 221 g/mol. The molecule has 0 aromatic heterocycles. The third kappa shape index (κ3) is 2.50. The molecule has 92 valence electrons. The number of hydrogen-bond donors (Lipinski definition) is 0. The van der Waals surface area contributed by atoms with Gasteiger partial charge in [0.1, 0.15) is 0 Å². The second kappa shape index (κ2) is 3.94. The van der Waals surface area contributed by atoms with Crippen molar-refractivity contribution in [3.05, 3.63) is 23.5 Å². The van der Waals surface area contributed by atoms with E-state index in [9.17, 15) is 0 Å². The number of rotatable bonds is 0. The topological polar surface area (TPSA) is 3.24 Å². The van der Waals surface area contributed by atoms with Crippen LogP contribution in [-0.2, 0) is 0 Å². The van der Waals surface area contributed by atoms with Gasteiger partial charge in [0.25, 0.3) is 0 Å². The molecular formula is C15H27N. The summed E-state index contributed by atoms with van der Waals surface area (Å²) in [6, 6.07) is 0. The van der Waals surface area contributed by atoms with Crippen molar-refractivity contribution in [2.24, 2.45) is 10.8 Å². The van der Waals surface area contributed by atoms with Gasteiger partial charge >= 0.3 is 0 Å². The van der Waals surface area contributed by atoms with Crippen molar-refractivity contribution in [3.63, 3.8) is 0 Å². The first-order valence-electron chi connectivity index (χ1n) is 6.21. The van der Waals surface area contributed by atoms with Gasteiger partial charge in [0.05, 0.1) is 0 Å². The Morgan fingerprint density at radius 1 is 0.938 bits per heavy atom. The van der Waals surface area contributed by atoms with E-state index in [1.807, 2.05) is 0 Å². The van der Waals surface area contributed by atoms with E-state index < -0.39 is 0 Å². The first-order chi connectivity index (χ1) is 7.05. The van der Waals surface area contributed by atoms with Crippen molar-refractivity contribution in [1.29, 1.82) is 0 Å². The van der Waals surface area contributed by atoms with Gasteiger partial charge in [-0.1, -0.05) is 48.1 Å². The van der Waals surface area contributed by atoms with Gasteiger partial charge in [0, 0.05) is 23.9 Å². The Bertz CT molecular complexity index is 320. The molecule has 1 aliphatic rings. The van der Waals surface area contributed by atoms with Gasteiger partial charge < -0.3 is 4.90 Å².